The largest absolute Gasteiger partial charge is 0.455 e. The second-order valence-corrected chi connectivity index (χ2v) is 15.4. The maximum absolute atomic E-state index is 13.8. The van der Waals surface area contributed by atoms with Gasteiger partial charge in [0.05, 0.1) is 37.6 Å². The van der Waals surface area contributed by atoms with E-state index in [0.29, 0.717) is 35.9 Å². The number of furan rings is 1. The summed E-state index contributed by atoms with van der Waals surface area (Å²) in [5.74, 6) is -1.27. The number of hydrogen-bond donors (Lipinski definition) is 2. The van der Waals surface area contributed by atoms with Gasteiger partial charge in [-0.05, 0) is 79.8 Å². The Balaban J connectivity index is 1.47. The Hall–Kier alpha value is -3.85. The lowest BCUT2D eigenvalue weighted by Gasteiger charge is -2.33. The molecule has 1 amide bonds. The molecular formula is C30H29FN4O6S3. The Kier molecular flexibility index (Phi) is 7.94. The van der Waals surface area contributed by atoms with E-state index < -0.39 is 37.7 Å². The van der Waals surface area contributed by atoms with Gasteiger partial charge >= 0.3 is 0 Å². The van der Waals surface area contributed by atoms with Crippen molar-refractivity contribution in [3.05, 3.63) is 77.1 Å². The van der Waals surface area contributed by atoms with Crippen LogP contribution in [0.3, 0.4) is 0 Å². The van der Waals surface area contributed by atoms with Gasteiger partial charge < -0.3 is 9.73 Å². The Morgan fingerprint density at radius 3 is 2.61 bits per heavy atom. The lowest BCUT2D eigenvalue weighted by atomic mass is 9.89. The first-order valence-corrected chi connectivity index (χ1v) is 17.9. The van der Waals surface area contributed by atoms with E-state index in [2.05, 4.69) is 15.0 Å². The van der Waals surface area contributed by atoms with Crippen molar-refractivity contribution in [2.45, 2.75) is 30.6 Å². The number of sulfonamides is 2. The normalized spacial score (nSPS) is 16.4. The first kappa shape index (κ1) is 30.2. The van der Waals surface area contributed by atoms with Crippen LogP contribution < -0.4 is 10.0 Å². The molecule has 0 unspecified atom stereocenters. The topological polar surface area (TPSA) is 139 Å². The van der Waals surface area contributed by atoms with E-state index in [4.69, 9.17) is 4.42 Å². The molecule has 3 aromatic carbocycles. The van der Waals surface area contributed by atoms with Gasteiger partial charge in [0.2, 0.25) is 20.0 Å². The summed E-state index contributed by atoms with van der Waals surface area (Å²) in [6.45, 7) is 1.92. The van der Waals surface area contributed by atoms with Crippen molar-refractivity contribution in [3.63, 3.8) is 0 Å². The molecule has 0 bridgehead atoms. The number of fused-ring (bicyclic) bond motifs is 2. The minimum atomic E-state index is -3.87. The third kappa shape index (κ3) is 5.58. The van der Waals surface area contributed by atoms with Crippen molar-refractivity contribution in [1.29, 1.82) is 0 Å². The number of anilines is 1. The maximum atomic E-state index is 13.8. The quantitative estimate of drug-likeness (QED) is 0.224. The molecule has 44 heavy (non-hydrogen) atoms. The Labute approximate surface area is 258 Å². The molecule has 0 saturated carbocycles. The lowest BCUT2D eigenvalue weighted by molar-refractivity contribution is 0.0964. The fraction of sp³-hybridized carbons (Fsp3) is 0.267. The number of hydrogen-bond acceptors (Lipinski definition) is 8. The van der Waals surface area contributed by atoms with E-state index in [0.717, 1.165) is 10.2 Å². The van der Waals surface area contributed by atoms with Gasteiger partial charge in [-0.1, -0.05) is 0 Å². The minimum absolute atomic E-state index is 0.105. The zero-order valence-electron chi connectivity index (χ0n) is 23.8. The number of aromatic nitrogens is 1. The summed E-state index contributed by atoms with van der Waals surface area (Å²) in [5.41, 5.74) is 4.10. The molecule has 1 fully saturated rings. The number of halogens is 1. The number of nitrogens with zero attached hydrogens (tertiary/aromatic N) is 2. The molecule has 0 radical (unpaired) electrons. The van der Waals surface area contributed by atoms with Gasteiger partial charge in [-0.15, -0.1) is 11.3 Å². The first-order chi connectivity index (χ1) is 21.0. The van der Waals surface area contributed by atoms with Gasteiger partial charge in [-0.3, -0.25) is 9.52 Å². The summed E-state index contributed by atoms with van der Waals surface area (Å²) in [4.78, 5) is 17.6. The Morgan fingerprint density at radius 1 is 1.11 bits per heavy atom. The number of rotatable bonds is 8. The second-order valence-electron chi connectivity index (χ2n) is 10.5. The molecular weight excluding hydrogens is 628 g/mol. The monoisotopic (exact) mass is 656 g/mol. The molecule has 10 nitrogen and oxygen atoms in total. The van der Waals surface area contributed by atoms with Crippen LogP contribution in [0.1, 0.15) is 41.6 Å². The molecule has 0 spiro atoms. The van der Waals surface area contributed by atoms with Crippen LogP contribution in [0.5, 0.6) is 0 Å². The van der Waals surface area contributed by atoms with Crippen molar-refractivity contribution < 1.29 is 30.4 Å². The van der Waals surface area contributed by atoms with E-state index >= 15 is 0 Å². The highest BCUT2D eigenvalue weighted by Crippen LogP contribution is 2.41. The summed E-state index contributed by atoms with van der Waals surface area (Å²) in [6.07, 6.45) is 1.13. The van der Waals surface area contributed by atoms with Crippen LogP contribution in [0.25, 0.3) is 32.5 Å². The molecule has 6 rings (SSSR count). The van der Waals surface area contributed by atoms with Gasteiger partial charge in [-0.2, -0.15) is 4.31 Å². The van der Waals surface area contributed by atoms with Gasteiger partial charge in [-0.25, -0.2) is 26.2 Å². The number of piperidine rings is 1. The summed E-state index contributed by atoms with van der Waals surface area (Å²) in [6, 6.07) is 13.6. The van der Waals surface area contributed by atoms with Crippen molar-refractivity contribution >= 4 is 64.2 Å². The van der Waals surface area contributed by atoms with Gasteiger partial charge in [0.15, 0.2) is 0 Å². The summed E-state index contributed by atoms with van der Waals surface area (Å²) in [7, 11) is -6.12. The van der Waals surface area contributed by atoms with Crippen LogP contribution in [0.15, 0.2) is 69.4 Å². The third-order valence-electron chi connectivity index (χ3n) is 7.83. The third-order valence-corrected chi connectivity index (χ3v) is 11.8. The van der Waals surface area contributed by atoms with Crippen LogP contribution in [-0.4, -0.2) is 57.9 Å². The molecule has 0 aliphatic carbocycles. The zero-order chi connectivity index (χ0) is 31.2. The minimum Gasteiger partial charge on any atom is -0.455 e. The molecule has 14 heteroatoms. The average molecular weight is 657 g/mol. The first-order valence-electron chi connectivity index (χ1n) is 13.9. The molecule has 1 aliphatic heterocycles. The van der Waals surface area contributed by atoms with E-state index in [-0.39, 0.29) is 39.8 Å². The van der Waals surface area contributed by atoms with Crippen LogP contribution in [-0.2, 0) is 20.0 Å². The molecule has 3 heterocycles. The van der Waals surface area contributed by atoms with Gasteiger partial charge in [0.1, 0.15) is 17.2 Å². The molecule has 2 N–H and O–H groups in total. The predicted molar refractivity (Wildman–Crippen MR) is 168 cm³/mol. The summed E-state index contributed by atoms with van der Waals surface area (Å²) in [5, 5.41) is 3.05. The number of benzene rings is 3. The molecule has 1 atom stereocenters. The zero-order valence-corrected chi connectivity index (χ0v) is 26.3. The van der Waals surface area contributed by atoms with Crippen LogP contribution in [0.2, 0.25) is 0 Å². The fourth-order valence-corrected chi connectivity index (χ4v) is 8.54. The predicted octanol–water partition coefficient (Wildman–Crippen LogP) is 5.54. The van der Waals surface area contributed by atoms with E-state index in [1.807, 2.05) is 0 Å². The summed E-state index contributed by atoms with van der Waals surface area (Å²) >= 11 is 1.36. The number of carbonyl (C=O) groups is 1. The highest BCUT2D eigenvalue weighted by atomic mass is 32.2. The van der Waals surface area contributed by atoms with Crippen LogP contribution >= 0.6 is 11.3 Å². The summed E-state index contributed by atoms with van der Waals surface area (Å²) < 4.78 is 77.7. The van der Waals surface area contributed by atoms with Gasteiger partial charge in [0, 0.05) is 37.2 Å². The SMILES string of the molecule is CCS(=O)(=O)Nc1cc2oc(-c3ccc(F)cc3)c(C(=O)NC)c2cc1[C@@H]1CCCN(S(=O)(=O)c2ccc3ncsc3c2)C1. The number of amides is 1. The highest BCUT2D eigenvalue weighted by Gasteiger charge is 2.34. The van der Waals surface area contributed by atoms with Crippen molar-refractivity contribution in [2.24, 2.45) is 0 Å². The number of thiazole rings is 1. The lowest BCUT2D eigenvalue weighted by Crippen LogP contribution is -2.39. The second kappa shape index (κ2) is 11.6. The number of nitrogens with one attached hydrogen (secondary N) is 2. The van der Waals surface area contributed by atoms with Crippen LogP contribution in [0, 0.1) is 5.82 Å². The standard InChI is InChI=1S/C30H29FN4O6S3/c1-3-43(37,38)34-25-15-26-23(28(30(36)32-2)29(41-26)18-6-8-20(31)9-7-18)14-22(25)19-5-4-12-35(16-19)44(39,40)21-10-11-24-27(13-21)42-17-33-24/h6-11,13-15,17,19,34H,3-5,12,16H2,1-2H3,(H,32,36)/t19-/m1/s1. The molecule has 230 valence electrons. The van der Waals surface area contributed by atoms with Crippen molar-refractivity contribution in [2.75, 3.05) is 30.6 Å². The molecule has 2 aromatic heterocycles. The van der Waals surface area contributed by atoms with E-state index in [1.165, 1.54) is 59.9 Å². The van der Waals surface area contributed by atoms with Crippen molar-refractivity contribution in [3.8, 4) is 11.3 Å². The fourth-order valence-electron chi connectivity index (χ4n) is 5.54. The van der Waals surface area contributed by atoms with Gasteiger partial charge in [0.25, 0.3) is 5.91 Å². The van der Waals surface area contributed by atoms with Crippen LogP contribution in [0.4, 0.5) is 10.1 Å². The smallest absolute Gasteiger partial charge is 0.255 e. The Morgan fingerprint density at radius 2 is 1.89 bits per heavy atom. The Bertz CT molecular complexity index is 2110. The highest BCUT2D eigenvalue weighted by molar-refractivity contribution is 7.92. The van der Waals surface area contributed by atoms with E-state index in [1.54, 1.807) is 29.8 Å². The molecule has 1 saturated heterocycles. The average Bonchev–Trinajstić information content (AvgIpc) is 3.64. The van der Waals surface area contributed by atoms with E-state index in [9.17, 15) is 26.0 Å². The molecule has 1 aliphatic rings. The van der Waals surface area contributed by atoms with Crippen molar-refractivity contribution in [1.82, 2.24) is 14.6 Å². The molecule has 5 aromatic rings. The number of carbonyl (C=O) groups excluding carboxylic acids is 1. The maximum Gasteiger partial charge on any atom is 0.255 e.